The topological polar surface area (TPSA) is 29.5 Å². The highest BCUT2D eigenvalue weighted by atomic mass is 16.5. The van der Waals surface area contributed by atoms with Gasteiger partial charge in [-0.15, -0.1) is 0 Å². The first-order valence-electron chi connectivity index (χ1n) is 9.11. The molecule has 2 aromatic rings. The van der Waals surface area contributed by atoms with Gasteiger partial charge in [-0.2, -0.15) is 0 Å². The van der Waals surface area contributed by atoms with Crippen LogP contribution in [0.1, 0.15) is 55.2 Å². The van der Waals surface area contributed by atoms with Crippen molar-refractivity contribution in [2.24, 2.45) is 5.92 Å². The van der Waals surface area contributed by atoms with Crippen LogP contribution in [0.25, 0.3) is 0 Å². The van der Waals surface area contributed by atoms with Gasteiger partial charge in [0, 0.05) is 0 Å². The van der Waals surface area contributed by atoms with Crippen molar-refractivity contribution in [2.45, 2.75) is 51.4 Å². The SMILES string of the molecule is COc1cc(CCC(C)CC2CCCc3ccccc32)ccc1O. The van der Waals surface area contributed by atoms with Crippen LogP contribution >= 0.6 is 0 Å². The Morgan fingerprint density at radius 1 is 1.21 bits per heavy atom. The largest absolute Gasteiger partial charge is 0.504 e. The molecule has 1 N–H and O–H groups in total. The highest BCUT2D eigenvalue weighted by molar-refractivity contribution is 5.41. The summed E-state index contributed by atoms with van der Waals surface area (Å²) in [4.78, 5) is 0. The van der Waals surface area contributed by atoms with E-state index in [9.17, 15) is 5.11 Å². The Hall–Kier alpha value is -1.96. The smallest absolute Gasteiger partial charge is 0.160 e. The Morgan fingerprint density at radius 3 is 2.88 bits per heavy atom. The molecule has 2 nitrogen and oxygen atoms in total. The van der Waals surface area contributed by atoms with Crippen molar-refractivity contribution in [3.8, 4) is 11.5 Å². The molecule has 24 heavy (non-hydrogen) atoms. The number of fused-ring (bicyclic) bond motifs is 1. The number of phenols is 1. The van der Waals surface area contributed by atoms with E-state index in [-0.39, 0.29) is 5.75 Å². The van der Waals surface area contributed by atoms with Crippen LogP contribution in [0.4, 0.5) is 0 Å². The first-order chi connectivity index (χ1) is 11.7. The fourth-order valence-corrected chi connectivity index (χ4v) is 3.99. The molecular weight excluding hydrogens is 296 g/mol. The summed E-state index contributed by atoms with van der Waals surface area (Å²) in [6.07, 6.45) is 7.37. The van der Waals surface area contributed by atoms with E-state index < -0.39 is 0 Å². The summed E-state index contributed by atoms with van der Waals surface area (Å²) in [5.41, 5.74) is 4.38. The van der Waals surface area contributed by atoms with Crippen LogP contribution in [0, 0.1) is 5.92 Å². The zero-order valence-corrected chi connectivity index (χ0v) is 14.8. The lowest BCUT2D eigenvalue weighted by molar-refractivity contribution is 0.372. The molecule has 3 rings (SSSR count). The first-order valence-corrected chi connectivity index (χ1v) is 9.11. The second-order valence-electron chi connectivity index (χ2n) is 7.17. The zero-order valence-electron chi connectivity index (χ0n) is 14.8. The predicted molar refractivity (Wildman–Crippen MR) is 98.9 cm³/mol. The molecule has 0 saturated carbocycles. The van der Waals surface area contributed by atoms with Crippen LogP contribution in [0.5, 0.6) is 11.5 Å². The number of rotatable bonds is 6. The maximum Gasteiger partial charge on any atom is 0.160 e. The highest BCUT2D eigenvalue weighted by Crippen LogP contribution is 2.37. The van der Waals surface area contributed by atoms with E-state index in [2.05, 4.69) is 31.2 Å². The molecule has 1 aliphatic carbocycles. The Balaban J connectivity index is 1.58. The Bertz CT molecular complexity index is 677. The third-order valence-corrected chi connectivity index (χ3v) is 5.35. The standard InChI is InChI=1S/C22H28O2/c1-16(10-11-17-12-13-21(23)22(15-17)24-2)14-19-8-5-7-18-6-3-4-9-20(18)19/h3-4,6,9,12-13,15-16,19,23H,5,7-8,10-11,14H2,1-2H3. The quantitative estimate of drug-likeness (QED) is 0.762. The minimum absolute atomic E-state index is 0.216. The average Bonchev–Trinajstić information content (AvgIpc) is 2.61. The van der Waals surface area contributed by atoms with Crippen LogP contribution in [0.15, 0.2) is 42.5 Å². The minimum Gasteiger partial charge on any atom is -0.504 e. The van der Waals surface area contributed by atoms with Gasteiger partial charge in [-0.1, -0.05) is 37.3 Å². The van der Waals surface area contributed by atoms with E-state index in [0.717, 1.165) is 12.3 Å². The normalized spacial score (nSPS) is 18.0. The molecule has 0 fully saturated rings. The van der Waals surface area contributed by atoms with E-state index in [1.165, 1.54) is 37.7 Å². The summed E-state index contributed by atoms with van der Waals surface area (Å²) in [5.74, 6) is 2.20. The summed E-state index contributed by atoms with van der Waals surface area (Å²) in [6.45, 7) is 2.37. The van der Waals surface area contributed by atoms with Crippen molar-refractivity contribution in [1.29, 1.82) is 0 Å². The second kappa shape index (κ2) is 7.74. The molecular formula is C22H28O2. The monoisotopic (exact) mass is 324 g/mol. The number of aryl methyl sites for hydroxylation is 2. The van der Waals surface area contributed by atoms with Gasteiger partial charge in [0.2, 0.25) is 0 Å². The number of ether oxygens (including phenoxy) is 1. The molecule has 128 valence electrons. The van der Waals surface area contributed by atoms with Crippen molar-refractivity contribution >= 4 is 0 Å². The third-order valence-electron chi connectivity index (χ3n) is 5.35. The third kappa shape index (κ3) is 3.92. The summed E-state index contributed by atoms with van der Waals surface area (Å²) >= 11 is 0. The van der Waals surface area contributed by atoms with Crippen molar-refractivity contribution in [3.05, 3.63) is 59.2 Å². The molecule has 0 saturated heterocycles. The molecule has 2 atom stereocenters. The van der Waals surface area contributed by atoms with E-state index >= 15 is 0 Å². The van der Waals surface area contributed by atoms with E-state index in [0.29, 0.717) is 11.7 Å². The van der Waals surface area contributed by atoms with Gasteiger partial charge in [0.1, 0.15) is 0 Å². The summed E-state index contributed by atoms with van der Waals surface area (Å²) in [7, 11) is 1.60. The number of aromatic hydroxyl groups is 1. The number of benzene rings is 2. The van der Waals surface area contributed by atoms with Crippen molar-refractivity contribution in [3.63, 3.8) is 0 Å². The number of phenolic OH excluding ortho intramolecular Hbond substituents is 1. The predicted octanol–water partition coefficient (Wildman–Crippen LogP) is 5.48. The minimum atomic E-state index is 0.216. The Morgan fingerprint density at radius 2 is 2.04 bits per heavy atom. The van der Waals surface area contributed by atoms with Gasteiger partial charge >= 0.3 is 0 Å². The lowest BCUT2D eigenvalue weighted by atomic mass is 9.77. The van der Waals surface area contributed by atoms with E-state index in [1.807, 2.05) is 12.1 Å². The molecule has 0 aliphatic heterocycles. The molecule has 2 aromatic carbocycles. The van der Waals surface area contributed by atoms with Crippen LogP contribution in [-0.2, 0) is 12.8 Å². The fourth-order valence-electron chi connectivity index (χ4n) is 3.99. The molecule has 2 unspecified atom stereocenters. The van der Waals surface area contributed by atoms with Crippen LogP contribution < -0.4 is 4.74 Å². The summed E-state index contributed by atoms with van der Waals surface area (Å²) < 4.78 is 5.20. The van der Waals surface area contributed by atoms with Gasteiger partial charge < -0.3 is 9.84 Å². The van der Waals surface area contributed by atoms with Crippen LogP contribution in [0.3, 0.4) is 0 Å². The molecule has 0 heterocycles. The number of hydrogen-bond donors (Lipinski definition) is 1. The van der Waals surface area contributed by atoms with Crippen molar-refractivity contribution in [2.75, 3.05) is 7.11 Å². The van der Waals surface area contributed by atoms with Gasteiger partial charge in [0.25, 0.3) is 0 Å². The molecule has 0 amide bonds. The molecule has 0 radical (unpaired) electrons. The Labute approximate surface area is 145 Å². The molecule has 0 spiro atoms. The molecule has 2 heteroatoms. The van der Waals surface area contributed by atoms with E-state index in [1.54, 1.807) is 24.3 Å². The number of hydrogen-bond acceptors (Lipinski definition) is 2. The summed E-state index contributed by atoms with van der Waals surface area (Å²) in [6, 6.07) is 14.7. The maximum absolute atomic E-state index is 9.70. The van der Waals surface area contributed by atoms with Crippen LogP contribution in [-0.4, -0.2) is 12.2 Å². The fraction of sp³-hybridized carbons (Fsp3) is 0.455. The van der Waals surface area contributed by atoms with Gasteiger partial charge in [-0.25, -0.2) is 0 Å². The highest BCUT2D eigenvalue weighted by Gasteiger charge is 2.21. The van der Waals surface area contributed by atoms with E-state index in [4.69, 9.17) is 4.74 Å². The lowest BCUT2D eigenvalue weighted by Crippen LogP contribution is -2.13. The van der Waals surface area contributed by atoms with Crippen LogP contribution in [0.2, 0.25) is 0 Å². The van der Waals surface area contributed by atoms with Crippen molar-refractivity contribution < 1.29 is 9.84 Å². The van der Waals surface area contributed by atoms with Gasteiger partial charge in [0.05, 0.1) is 7.11 Å². The van der Waals surface area contributed by atoms with Crippen molar-refractivity contribution in [1.82, 2.24) is 0 Å². The molecule has 0 aromatic heterocycles. The maximum atomic E-state index is 9.70. The average molecular weight is 324 g/mol. The second-order valence-corrected chi connectivity index (χ2v) is 7.17. The lowest BCUT2D eigenvalue weighted by Gasteiger charge is -2.27. The number of methoxy groups -OCH3 is 1. The van der Waals surface area contributed by atoms with Gasteiger partial charge in [0.15, 0.2) is 11.5 Å². The Kier molecular flexibility index (Phi) is 5.44. The van der Waals surface area contributed by atoms with Gasteiger partial charge in [-0.05, 0) is 79.2 Å². The van der Waals surface area contributed by atoms with Gasteiger partial charge in [-0.3, -0.25) is 0 Å². The summed E-state index contributed by atoms with van der Waals surface area (Å²) in [5, 5.41) is 9.70. The molecule has 1 aliphatic rings. The first kappa shape index (κ1) is 16.9. The molecule has 0 bridgehead atoms. The zero-order chi connectivity index (χ0) is 16.9.